The molecule has 0 aliphatic carbocycles. The van der Waals surface area contributed by atoms with Crippen molar-refractivity contribution in [2.24, 2.45) is 0 Å². The normalized spacial score (nSPS) is 14.8. The van der Waals surface area contributed by atoms with Crippen molar-refractivity contribution in [3.8, 4) is 17.2 Å². The van der Waals surface area contributed by atoms with Gasteiger partial charge in [0.15, 0.2) is 11.5 Å². The van der Waals surface area contributed by atoms with Gasteiger partial charge in [0.25, 0.3) is 5.56 Å². The molecular weight excluding hydrogens is 534 g/mol. The van der Waals surface area contributed by atoms with E-state index in [2.05, 4.69) is 16.0 Å². The number of pyridine rings is 1. The number of phenolic OH excluding ortho intramolecular Hbond substituents is 2. The number of hydrogen-bond acceptors (Lipinski definition) is 7. The summed E-state index contributed by atoms with van der Waals surface area (Å²) in [5.41, 5.74) is 2.84. The van der Waals surface area contributed by atoms with E-state index in [1.165, 1.54) is 12.1 Å². The van der Waals surface area contributed by atoms with Crippen molar-refractivity contribution >= 4 is 17.0 Å². The number of rotatable bonds is 7. The molecule has 5 rings (SSSR count). The van der Waals surface area contributed by atoms with E-state index in [0.717, 1.165) is 48.1 Å². The van der Waals surface area contributed by atoms with E-state index in [-0.39, 0.29) is 29.6 Å². The minimum absolute atomic E-state index is 0.0223. The Labute approximate surface area is 245 Å². The molecular formula is C32H39N5O5. The van der Waals surface area contributed by atoms with Crippen LogP contribution in [0.25, 0.3) is 16.6 Å². The second-order valence-electron chi connectivity index (χ2n) is 12.0. The first-order valence-corrected chi connectivity index (χ1v) is 14.3. The lowest BCUT2D eigenvalue weighted by Crippen LogP contribution is -2.49. The molecule has 0 unspecified atom stereocenters. The Kier molecular flexibility index (Phi) is 8.27. The number of piperidine rings is 1. The number of aryl methyl sites for hydroxylation is 1. The predicted octanol–water partition coefficient (Wildman–Crippen LogP) is 4.81. The van der Waals surface area contributed by atoms with Gasteiger partial charge in [-0.15, -0.1) is 0 Å². The van der Waals surface area contributed by atoms with Crippen LogP contribution in [0.4, 0.5) is 4.79 Å². The zero-order valence-corrected chi connectivity index (χ0v) is 24.7. The number of fused-ring (bicyclic) bond motifs is 1. The van der Waals surface area contributed by atoms with Crippen molar-refractivity contribution in [3.05, 3.63) is 82.7 Å². The molecule has 10 nitrogen and oxygen atoms in total. The van der Waals surface area contributed by atoms with Crippen LogP contribution in [0.5, 0.6) is 11.5 Å². The quantitative estimate of drug-likeness (QED) is 0.305. The first-order chi connectivity index (χ1) is 20.0. The average molecular weight is 574 g/mol. The molecule has 1 amide bonds. The summed E-state index contributed by atoms with van der Waals surface area (Å²) in [6.45, 7) is 10.5. The summed E-state index contributed by atoms with van der Waals surface area (Å²) in [5, 5.41) is 20.7. The summed E-state index contributed by atoms with van der Waals surface area (Å²) >= 11 is 0. The van der Waals surface area contributed by atoms with Crippen molar-refractivity contribution < 1.29 is 19.7 Å². The minimum Gasteiger partial charge on any atom is -0.504 e. The first kappa shape index (κ1) is 29.2. The van der Waals surface area contributed by atoms with Gasteiger partial charge in [0.2, 0.25) is 0 Å². The molecule has 1 saturated heterocycles. The van der Waals surface area contributed by atoms with Gasteiger partial charge in [0, 0.05) is 68.3 Å². The second-order valence-corrected chi connectivity index (χ2v) is 12.0. The molecule has 2 aromatic carbocycles. The van der Waals surface area contributed by atoms with Crippen molar-refractivity contribution in [1.29, 1.82) is 0 Å². The van der Waals surface area contributed by atoms with Crippen LogP contribution in [-0.2, 0) is 17.8 Å². The molecule has 42 heavy (non-hydrogen) atoms. The van der Waals surface area contributed by atoms with Crippen LogP contribution >= 0.6 is 0 Å². The summed E-state index contributed by atoms with van der Waals surface area (Å²) in [6, 6.07) is 12.4. The molecule has 2 aromatic heterocycles. The van der Waals surface area contributed by atoms with E-state index in [9.17, 15) is 19.8 Å². The Hall–Kier alpha value is -4.31. The molecule has 0 saturated carbocycles. The number of imidazole rings is 1. The Bertz CT molecular complexity index is 1620. The predicted molar refractivity (Wildman–Crippen MR) is 161 cm³/mol. The van der Waals surface area contributed by atoms with E-state index in [1.54, 1.807) is 29.6 Å². The number of benzene rings is 2. The Balaban J connectivity index is 1.29. The maximum absolute atomic E-state index is 13.2. The standard InChI is InChI=1S/C32H39N5O5/c1-22-17-30(40)36(27-19-25(6-7-26(22)27)35-14-11-33-21-35)16-15-34-12-9-24(10-13-34)37(31(41)42-32(2,3)4)20-23-5-8-28(38)29(39)18-23/h5-8,11,14,17-19,21,24,38-39H,9-10,12-13,15-16,20H2,1-4H3. The lowest BCUT2D eigenvalue weighted by molar-refractivity contribution is 0.00564. The number of amides is 1. The van der Waals surface area contributed by atoms with E-state index in [0.29, 0.717) is 18.7 Å². The van der Waals surface area contributed by atoms with Crippen LogP contribution in [0.1, 0.15) is 44.7 Å². The molecule has 0 atom stereocenters. The van der Waals surface area contributed by atoms with Gasteiger partial charge >= 0.3 is 6.09 Å². The Morgan fingerprint density at radius 2 is 1.81 bits per heavy atom. The van der Waals surface area contributed by atoms with E-state index in [1.807, 2.05) is 55.2 Å². The SMILES string of the molecule is Cc1cc(=O)n(CCN2CCC(N(Cc3ccc(O)c(O)c3)C(=O)OC(C)(C)C)CC2)c2cc(-n3ccnc3)ccc12. The first-order valence-electron chi connectivity index (χ1n) is 14.3. The highest BCUT2D eigenvalue weighted by Crippen LogP contribution is 2.28. The monoisotopic (exact) mass is 573 g/mol. The number of aromatic hydroxyl groups is 2. The highest BCUT2D eigenvalue weighted by molar-refractivity contribution is 5.84. The molecule has 0 radical (unpaired) electrons. The van der Waals surface area contributed by atoms with Crippen LogP contribution in [0.15, 0.2) is 66.0 Å². The van der Waals surface area contributed by atoms with E-state index < -0.39 is 11.7 Å². The molecule has 10 heteroatoms. The van der Waals surface area contributed by atoms with Crippen molar-refractivity contribution in [3.63, 3.8) is 0 Å². The second kappa shape index (κ2) is 11.9. The van der Waals surface area contributed by atoms with Crippen molar-refractivity contribution in [2.45, 2.75) is 65.3 Å². The number of aromatic nitrogens is 3. The van der Waals surface area contributed by atoms with Crippen LogP contribution in [0, 0.1) is 6.92 Å². The lowest BCUT2D eigenvalue weighted by Gasteiger charge is -2.39. The Morgan fingerprint density at radius 1 is 1.05 bits per heavy atom. The fourth-order valence-electron chi connectivity index (χ4n) is 5.56. The molecule has 222 valence electrons. The van der Waals surface area contributed by atoms with Crippen LogP contribution < -0.4 is 5.56 Å². The molecule has 4 aromatic rings. The Morgan fingerprint density at radius 3 is 2.48 bits per heavy atom. The van der Waals surface area contributed by atoms with Gasteiger partial charge in [0.1, 0.15) is 5.60 Å². The number of ether oxygens (including phenoxy) is 1. The summed E-state index contributed by atoms with van der Waals surface area (Å²) in [4.78, 5) is 34.5. The summed E-state index contributed by atoms with van der Waals surface area (Å²) < 4.78 is 9.50. The number of likely N-dealkylation sites (tertiary alicyclic amines) is 1. The van der Waals surface area contributed by atoms with Gasteiger partial charge in [-0.2, -0.15) is 0 Å². The third-order valence-corrected chi connectivity index (χ3v) is 7.76. The average Bonchev–Trinajstić information content (AvgIpc) is 3.48. The smallest absolute Gasteiger partial charge is 0.410 e. The van der Waals surface area contributed by atoms with Crippen molar-refractivity contribution in [2.75, 3.05) is 19.6 Å². The third-order valence-electron chi connectivity index (χ3n) is 7.76. The zero-order valence-electron chi connectivity index (χ0n) is 24.7. The maximum Gasteiger partial charge on any atom is 0.410 e. The summed E-state index contributed by atoms with van der Waals surface area (Å²) in [7, 11) is 0. The van der Waals surface area contributed by atoms with Crippen LogP contribution in [0.3, 0.4) is 0 Å². The molecule has 0 bridgehead atoms. The van der Waals surface area contributed by atoms with Gasteiger partial charge in [0.05, 0.1) is 11.8 Å². The highest BCUT2D eigenvalue weighted by atomic mass is 16.6. The van der Waals surface area contributed by atoms with Gasteiger partial charge in [-0.1, -0.05) is 12.1 Å². The van der Waals surface area contributed by atoms with Gasteiger partial charge in [-0.25, -0.2) is 9.78 Å². The largest absolute Gasteiger partial charge is 0.504 e. The topological polar surface area (TPSA) is 113 Å². The fraction of sp³-hybridized carbons (Fsp3) is 0.406. The lowest BCUT2D eigenvalue weighted by atomic mass is 10.0. The number of phenols is 2. The van der Waals surface area contributed by atoms with Crippen molar-refractivity contribution in [1.82, 2.24) is 23.9 Å². The summed E-state index contributed by atoms with van der Waals surface area (Å²) in [5.74, 6) is -0.420. The van der Waals surface area contributed by atoms with Crippen LogP contribution in [-0.4, -0.2) is 71.5 Å². The van der Waals surface area contributed by atoms with Gasteiger partial charge in [-0.05, 0) is 75.9 Å². The molecule has 1 aliphatic heterocycles. The van der Waals surface area contributed by atoms with E-state index in [4.69, 9.17) is 4.74 Å². The highest BCUT2D eigenvalue weighted by Gasteiger charge is 2.31. The number of hydrogen-bond donors (Lipinski definition) is 2. The van der Waals surface area contributed by atoms with Gasteiger partial charge < -0.3 is 33.9 Å². The molecule has 0 spiro atoms. The molecule has 3 heterocycles. The van der Waals surface area contributed by atoms with Gasteiger partial charge in [-0.3, -0.25) is 4.79 Å². The van der Waals surface area contributed by atoms with Crippen LogP contribution in [0.2, 0.25) is 0 Å². The minimum atomic E-state index is -0.644. The fourth-order valence-corrected chi connectivity index (χ4v) is 5.56. The molecule has 2 N–H and O–H groups in total. The maximum atomic E-state index is 13.2. The summed E-state index contributed by atoms with van der Waals surface area (Å²) in [6.07, 6.45) is 6.45. The zero-order chi connectivity index (χ0) is 30.0. The molecule has 1 fully saturated rings. The number of carbonyl (C=O) groups is 1. The van der Waals surface area contributed by atoms with E-state index >= 15 is 0 Å². The number of carbonyl (C=O) groups excluding carboxylic acids is 1. The number of nitrogens with zero attached hydrogens (tertiary/aromatic N) is 5. The molecule has 1 aliphatic rings. The third kappa shape index (κ3) is 6.60.